The van der Waals surface area contributed by atoms with Crippen molar-refractivity contribution in [1.29, 1.82) is 0 Å². The molecule has 0 radical (unpaired) electrons. The lowest BCUT2D eigenvalue weighted by molar-refractivity contribution is -0.147. The first-order valence-corrected chi connectivity index (χ1v) is 8.15. The van der Waals surface area contributed by atoms with Crippen molar-refractivity contribution in [1.82, 2.24) is 4.90 Å². The first-order valence-electron chi connectivity index (χ1n) is 8.15. The zero-order valence-corrected chi connectivity index (χ0v) is 13.8. The smallest absolute Gasteiger partial charge is 0.239 e. The molecule has 0 aliphatic carbocycles. The third-order valence-electron chi connectivity index (χ3n) is 4.37. The van der Waals surface area contributed by atoms with Gasteiger partial charge in [-0.1, -0.05) is 19.1 Å². The summed E-state index contributed by atoms with van der Waals surface area (Å²) in [6.07, 6.45) is 4.19. The van der Waals surface area contributed by atoms with Gasteiger partial charge in [0.05, 0.1) is 0 Å². The van der Waals surface area contributed by atoms with Crippen LogP contribution in [-0.4, -0.2) is 29.8 Å². The number of nitrogens with zero attached hydrogens (tertiary/aromatic N) is 1. The van der Waals surface area contributed by atoms with Crippen LogP contribution in [0.2, 0.25) is 0 Å². The van der Waals surface area contributed by atoms with E-state index in [0.29, 0.717) is 0 Å². The fourth-order valence-corrected chi connectivity index (χ4v) is 2.70. The van der Waals surface area contributed by atoms with Gasteiger partial charge in [-0.15, -0.1) is 0 Å². The molecule has 1 heterocycles. The van der Waals surface area contributed by atoms with Crippen LogP contribution in [0.15, 0.2) is 24.3 Å². The molecule has 120 valence electrons. The van der Waals surface area contributed by atoms with Gasteiger partial charge >= 0.3 is 0 Å². The van der Waals surface area contributed by atoms with Crippen LogP contribution in [0.3, 0.4) is 0 Å². The second-order valence-corrected chi connectivity index (χ2v) is 6.48. The van der Waals surface area contributed by atoms with Gasteiger partial charge in [0.1, 0.15) is 5.41 Å². The predicted molar refractivity (Wildman–Crippen MR) is 88.7 cm³/mol. The zero-order chi connectivity index (χ0) is 16.2. The zero-order valence-electron chi connectivity index (χ0n) is 13.8. The van der Waals surface area contributed by atoms with E-state index in [4.69, 9.17) is 0 Å². The number of carbonyl (C=O) groups excluding carboxylic acids is 2. The molecule has 1 aliphatic rings. The standard InChI is InChI=1S/C18H26N2O2/c1-4-14-8-10-15(11-9-14)19-16(21)18(2,3)17(22)20-12-6-5-7-13-20/h8-11H,4-7,12-13H2,1-3H3,(H,19,21). The number of nitrogens with one attached hydrogen (secondary N) is 1. The van der Waals surface area contributed by atoms with Crippen molar-refractivity contribution in [3.63, 3.8) is 0 Å². The Kier molecular flexibility index (Phi) is 5.22. The van der Waals surface area contributed by atoms with E-state index in [1.54, 1.807) is 13.8 Å². The van der Waals surface area contributed by atoms with E-state index in [-0.39, 0.29) is 11.8 Å². The average molecular weight is 302 g/mol. The highest BCUT2D eigenvalue weighted by atomic mass is 16.2. The molecule has 0 aromatic heterocycles. The summed E-state index contributed by atoms with van der Waals surface area (Å²) in [7, 11) is 0. The molecular formula is C18H26N2O2. The average Bonchev–Trinajstić information content (AvgIpc) is 2.55. The summed E-state index contributed by atoms with van der Waals surface area (Å²) in [6, 6.07) is 7.76. The molecule has 1 aliphatic heterocycles. The molecule has 4 nitrogen and oxygen atoms in total. The quantitative estimate of drug-likeness (QED) is 0.868. The normalized spacial score (nSPS) is 15.5. The van der Waals surface area contributed by atoms with Crippen molar-refractivity contribution in [2.45, 2.75) is 46.5 Å². The number of piperidine rings is 1. The number of likely N-dealkylation sites (tertiary alicyclic amines) is 1. The van der Waals surface area contributed by atoms with E-state index in [1.807, 2.05) is 29.2 Å². The van der Waals surface area contributed by atoms with Gasteiger partial charge < -0.3 is 10.2 Å². The fourth-order valence-electron chi connectivity index (χ4n) is 2.70. The Morgan fingerprint density at radius 1 is 1.09 bits per heavy atom. The van der Waals surface area contributed by atoms with Crippen LogP contribution in [-0.2, 0) is 16.0 Å². The van der Waals surface area contributed by atoms with Gasteiger partial charge in [0.15, 0.2) is 0 Å². The molecule has 0 spiro atoms. The third-order valence-corrected chi connectivity index (χ3v) is 4.37. The van der Waals surface area contributed by atoms with Crippen LogP contribution < -0.4 is 5.32 Å². The van der Waals surface area contributed by atoms with Gasteiger partial charge in [0.2, 0.25) is 11.8 Å². The van der Waals surface area contributed by atoms with Gasteiger partial charge in [0.25, 0.3) is 0 Å². The molecule has 1 fully saturated rings. The van der Waals surface area contributed by atoms with Crippen LogP contribution in [0, 0.1) is 5.41 Å². The van der Waals surface area contributed by atoms with Crippen molar-refractivity contribution in [3.05, 3.63) is 29.8 Å². The molecule has 4 heteroatoms. The molecule has 1 aromatic carbocycles. The van der Waals surface area contributed by atoms with Crippen molar-refractivity contribution < 1.29 is 9.59 Å². The molecule has 1 saturated heterocycles. The third kappa shape index (κ3) is 3.67. The maximum atomic E-state index is 12.6. The molecular weight excluding hydrogens is 276 g/mol. The van der Waals surface area contributed by atoms with E-state index in [0.717, 1.165) is 38.0 Å². The molecule has 0 atom stereocenters. The van der Waals surface area contributed by atoms with E-state index < -0.39 is 5.41 Å². The summed E-state index contributed by atoms with van der Waals surface area (Å²) in [5.74, 6) is -0.317. The fraction of sp³-hybridized carbons (Fsp3) is 0.556. The number of amides is 2. The summed E-state index contributed by atoms with van der Waals surface area (Å²) in [5.41, 5.74) is 0.921. The SMILES string of the molecule is CCc1ccc(NC(=O)C(C)(C)C(=O)N2CCCCC2)cc1. The minimum atomic E-state index is -1.04. The summed E-state index contributed by atoms with van der Waals surface area (Å²) in [4.78, 5) is 27.0. The number of carbonyl (C=O) groups is 2. The molecule has 1 aromatic rings. The molecule has 0 saturated carbocycles. The predicted octanol–water partition coefficient (Wildman–Crippen LogP) is 3.23. The van der Waals surface area contributed by atoms with Gasteiger partial charge in [-0.2, -0.15) is 0 Å². The maximum absolute atomic E-state index is 12.6. The lowest BCUT2D eigenvalue weighted by Gasteiger charge is -2.33. The Morgan fingerprint density at radius 3 is 2.23 bits per heavy atom. The topological polar surface area (TPSA) is 49.4 Å². The van der Waals surface area contributed by atoms with Crippen molar-refractivity contribution >= 4 is 17.5 Å². The van der Waals surface area contributed by atoms with E-state index in [2.05, 4.69) is 12.2 Å². The maximum Gasteiger partial charge on any atom is 0.239 e. The molecule has 22 heavy (non-hydrogen) atoms. The lowest BCUT2D eigenvalue weighted by Crippen LogP contribution is -2.48. The Bertz CT molecular complexity index is 529. The van der Waals surface area contributed by atoms with Gasteiger partial charge in [-0.3, -0.25) is 9.59 Å². The highest BCUT2D eigenvalue weighted by Gasteiger charge is 2.39. The van der Waals surface area contributed by atoms with Gasteiger partial charge in [-0.25, -0.2) is 0 Å². The lowest BCUT2D eigenvalue weighted by atomic mass is 9.89. The minimum Gasteiger partial charge on any atom is -0.342 e. The molecule has 0 unspecified atom stereocenters. The van der Waals surface area contributed by atoms with Crippen LogP contribution in [0.1, 0.15) is 45.6 Å². The van der Waals surface area contributed by atoms with Crippen LogP contribution in [0.25, 0.3) is 0 Å². The van der Waals surface area contributed by atoms with E-state index >= 15 is 0 Å². The summed E-state index contributed by atoms with van der Waals surface area (Å²) in [5, 5.41) is 2.87. The van der Waals surface area contributed by atoms with Crippen molar-refractivity contribution in [2.75, 3.05) is 18.4 Å². The molecule has 2 rings (SSSR count). The number of aryl methyl sites for hydroxylation is 1. The van der Waals surface area contributed by atoms with E-state index in [1.165, 1.54) is 12.0 Å². The number of rotatable bonds is 4. The van der Waals surface area contributed by atoms with Crippen LogP contribution in [0.5, 0.6) is 0 Å². The molecule has 0 bridgehead atoms. The summed E-state index contributed by atoms with van der Waals surface area (Å²) >= 11 is 0. The first-order chi connectivity index (χ1) is 10.4. The highest BCUT2D eigenvalue weighted by Crippen LogP contribution is 2.24. The molecule has 2 amide bonds. The second kappa shape index (κ2) is 6.95. The van der Waals surface area contributed by atoms with E-state index in [9.17, 15) is 9.59 Å². The van der Waals surface area contributed by atoms with Crippen molar-refractivity contribution in [2.24, 2.45) is 5.41 Å². The Balaban J connectivity index is 2.03. The van der Waals surface area contributed by atoms with Crippen LogP contribution >= 0.6 is 0 Å². The Labute approximate surface area is 132 Å². The molecule has 1 N–H and O–H groups in total. The van der Waals surface area contributed by atoms with Gasteiger partial charge in [-0.05, 0) is 57.2 Å². The number of benzene rings is 1. The first kappa shape index (κ1) is 16.5. The Hall–Kier alpha value is -1.84. The van der Waals surface area contributed by atoms with Crippen LogP contribution in [0.4, 0.5) is 5.69 Å². The van der Waals surface area contributed by atoms with Crippen molar-refractivity contribution in [3.8, 4) is 0 Å². The largest absolute Gasteiger partial charge is 0.342 e. The Morgan fingerprint density at radius 2 is 1.68 bits per heavy atom. The second-order valence-electron chi connectivity index (χ2n) is 6.48. The highest BCUT2D eigenvalue weighted by molar-refractivity contribution is 6.09. The summed E-state index contributed by atoms with van der Waals surface area (Å²) in [6.45, 7) is 7.04. The number of anilines is 1. The monoisotopic (exact) mass is 302 g/mol. The number of hydrogen-bond donors (Lipinski definition) is 1. The minimum absolute atomic E-state index is 0.0742. The van der Waals surface area contributed by atoms with Gasteiger partial charge in [0, 0.05) is 18.8 Å². The summed E-state index contributed by atoms with van der Waals surface area (Å²) < 4.78 is 0. The number of hydrogen-bond acceptors (Lipinski definition) is 2.